The summed E-state index contributed by atoms with van der Waals surface area (Å²) in [5.74, 6) is 2.45. The molecule has 168 valence electrons. The smallest absolute Gasteiger partial charge is 0.287 e. The summed E-state index contributed by atoms with van der Waals surface area (Å²) >= 11 is 5.67. The summed E-state index contributed by atoms with van der Waals surface area (Å²) in [5.41, 5.74) is -1.70. The maximum absolute atomic E-state index is 13.3. The summed E-state index contributed by atoms with van der Waals surface area (Å²) in [6.45, 7) is -0.336. The lowest BCUT2D eigenvalue weighted by Gasteiger charge is -2.54. The van der Waals surface area contributed by atoms with Crippen LogP contribution in [0.25, 0.3) is 0 Å². The predicted molar refractivity (Wildman–Crippen MR) is 103 cm³/mol. The molecule has 6 rings (SSSR count). The van der Waals surface area contributed by atoms with Crippen molar-refractivity contribution in [2.45, 2.75) is 57.5 Å². The molecule has 0 atom stereocenters. The minimum atomic E-state index is -3.08. The molecule has 4 aliphatic carbocycles. The summed E-state index contributed by atoms with van der Waals surface area (Å²) in [7, 11) is 0. The van der Waals surface area contributed by atoms with Crippen LogP contribution in [0.1, 0.15) is 72.7 Å². The van der Waals surface area contributed by atoms with E-state index in [0.717, 1.165) is 37.5 Å². The van der Waals surface area contributed by atoms with Crippen LogP contribution in [0, 0.1) is 23.7 Å². The first-order valence-corrected chi connectivity index (χ1v) is 10.9. The molecular weight excluding hydrogens is 438 g/mol. The Morgan fingerprint density at radius 2 is 1.74 bits per heavy atom. The molecule has 0 radical (unpaired) electrons. The fourth-order valence-corrected chi connectivity index (χ4v) is 6.36. The molecule has 31 heavy (non-hydrogen) atoms. The minimum absolute atomic E-state index is 0.0646. The Bertz CT molecular complexity index is 961. The topological polar surface area (TPSA) is 60.1 Å². The largest absolute Gasteiger partial charge is 0.454 e. The van der Waals surface area contributed by atoms with Crippen molar-refractivity contribution in [2.75, 3.05) is 0 Å². The zero-order valence-electron chi connectivity index (χ0n) is 16.5. The number of hydrogen-bond donors (Lipinski definition) is 1. The molecule has 2 heterocycles. The van der Waals surface area contributed by atoms with Crippen molar-refractivity contribution in [3.63, 3.8) is 0 Å². The number of aromatic nitrogens is 2. The number of carbonyl (C=O) groups excluding carboxylic acids is 1. The van der Waals surface area contributed by atoms with Gasteiger partial charge in [0, 0.05) is 6.04 Å². The molecule has 0 aromatic carbocycles. The van der Waals surface area contributed by atoms with Crippen molar-refractivity contribution in [3.8, 4) is 0 Å². The molecule has 0 spiro atoms. The highest BCUT2D eigenvalue weighted by Gasteiger charge is 2.48. The van der Waals surface area contributed by atoms with Crippen molar-refractivity contribution < 1.29 is 26.8 Å². The lowest BCUT2D eigenvalue weighted by Crippen LogP contribution is -2.55. The van der Waals surface area contributed by atoms with Crippen molar-refractivity contribution in [3.05, 3.63) is 40.1 Å². The average molecular weight is 460 g/mol. The molecular formula is C21H22ClF4N3O2. The molecule has 4 fully saturated rings. The standard InChI is InChI=1S/C21H22ClF4N3O2/c22-15-17(19(23)24)28-29(18(15)20(25)26)8-13-1-2-14(31-13)21(30)27-16-11-4-9-3-10(6-11)7-12(16)5-9/h1-2,9-12,16,19-20H,3-8H2,(H,27,30). The summed E-state index contributed by atoms with van der Waals surface area (Å²) in [6, 6.07) is 3.05. The van der Waals surface area contributed by atoms with Gasteiger partial charge in [0.1, 0.15) is 17.1 Å². The van der Waals surface area contributed by atoms with Gasteiger partial charge >= 0.3 is 0 Å². The molecule has 0 saturated heterocycles. The van der Waals surface area contributed by atoms with E-state index in [1.165, 1.54) is 18.6 Å². The number of rotatable bonds is 6. The normalized spacial score (nSPS) is 29.3. The predicted octanol–water partition coefficient (Wildman–Crippen LogP) is 5.61. The van der Waals surface area contributed by atoms with E-state index in [4.69, 9.17) is 16.0 Å². The van der Waals surface area contributed by atoms with Gasteiger partial charge in [-0.15, -0.1) is 0 Å². The Balaban J connectivity index is 1.30. The van der Waals surface area contributed by atoms with Gasteiger partial charge in [-0.05, 0) is 67.9 Å². The lowest BCUT2D eigenvalue weighted by molar-refractivity contribution is -0.0123. The molecule has 10 heteroatoms. The summed E-state index contributed by atoms with van der Waals surface area (Å²) in [4.78, 5) is 12.8. The highest BCUT2D eigenvalue weighted by atomic mass is 35.5. The van der Waals surface area contributed by atoms with Crippen LogP contribution in [0.15, 0.2) is 16.5 Å². The van der Waals surface area contributed by atoms with Crippen LogP contribution < -0.4 is 5.32 Å². The lowest BCUT2D eigenvalue weighted by atomic mass is 9.54. The number of hydrogen-bond acceptors (Lipinski definition) is 3. The van der Waals surface area contributed by atoms with Gasteiger partial charge in [-0.3, -0.25) is 9.48 Å². The molecule has 1 N–H and O–H groups in total. The Morgan fingerprint density at radius 1 is 1.10 bits per heavy atom. The van der Waals surface area contributed by atoms with Gasteiger partial charge in [-0.25, -0.2) is 17.6 Å². The molecule has 1 amide bonds. The molecule has 2 aromatic heterocycles. The Kier molecular flexibility index (Phi) is 5.27. The highest BCUT2D eigenvalue weighted by Crippen LogP contribution is 2.53. The maximum atomic E-state index is 13.3. The zero-order chi connectivity index (χ0) is 21.9. The second-order valence-corrected chi connectivity index (χ2v) is 9.42. The van der Waals surface area contributed by atoms with Gasteiger partial charge < -0.3 is 9.73 Å². The third kappa shape index (κ3) is 3.75. The van der Waals surface area contributed by atoms with Gasteiger partial charge in [-0.2, -0.15) is 5.10 Å². The number of furan rings is 1. The van der Waals surface area contributed by atoms with Crippen molar-refractivity contribution in [1.82, 2.24) is 15.1 Å². The van der Waals surface area contributed by atoms with Crippen LogP contribution in [-0.4, -0.2) is 21.7 Å². The fourth-order valence-electron chi connectivity index (χ4n) is 6.06. The van der Waals surface area contributed by atoms with Gasteiger partial charge in [-0.1, -0.05) is 11.6 Å². The van der Waals surface area contributed by atoms with Crippen molar-refractivity contribution >= 4 is 17.5 Å². The number of halogens is 5. The molecule has 5 nitrogen and oxygen atoms in total. The van der Waals surface area contributed by atoms with E-state index >= 15 is 0 Å². The van der Waals surface area contributed by atoms with Gasteiger partial charge in [0.05, 0.1) is 11.6 Å². The number of amides is 1. The second-order valence-electron chi connectivity index (χ2n) is 9.04. The number of nitrogens with zero attached hydrogens (tertiary/aromatic N) is 2. The van der Waals surface area contributed by atoms with E-state index in [9.17, 15) is 22.4 Å². The fraction of sp³-hybridized carbons (Fsp3) is 0.619. The third-order valence-corrected chi connectivity index (χ3v) is 7.47. The van der Waals surface area contributed by atoms with E-state index in [0.29, 0.717) is 16.5 Å². The molecule has 4 aliphatic rings. The molecule has 2 aromatic rings. The third-order valence-electron chi connectivity index (χ3n) is 7.09. The first-order chi connectivity index (χ1) is 14.8. The molecule has 0 aliphatic heterocycles. The summed E-state index contributed by atoms with van der Waals surface area (Å²) < 4.78 is 58.9. The Labute approximate surface area is 181 Å². The Hall–Kier alpha value is -2.03. The first kappa shape index (κ1) is 20.8. The average Bonchev–Trinajstić information content (AvgIpc) is 3.28. The van der Waals surface area contributed by atoms with E-state index in [1.54, 1.807) is 0 Å². The number of alkyl halides is 4. The van der Waals surface area contributed by atoms with E-state index < -0.39 is 29.3 Å². The Morgan fingerprint density at radius 3 is 2.32 bits per heavy atom. The van der Waals surface area contributed by atoms with E-state index in [-0.39, 0.29) is 30.0 Å². The second kappa shape index (κ2) is 7.83. The summed E-state index contributed by atoms with van der Waals surface area (Å²) in [6.07, 6.45) is -0.212. The highest BCUT2D eigenvalue weighted by molar-refractivity contribution is 6.32. The SMILES string of the molecule is O=C(NC1C2CC3CC(C2)CC1C3)c1ccc(Cn2nc(C(F)F)c(Cl)c2C(F)F)o1. The monoisotopic (exact) mass is 459 g/mol. The van der Waals surface area contributed by atoms with Gasteiger partial charge in [0.25, 0.3) is 18.8 Å². The molecule has 0 unspecified atom stereocenters. The zero-order valence-corrected chi connectivity index (χ0v) is 17.3. The van der Waals surface area contributed by atoms with Crippen molar-refractivity contribution in [2.24, 2.45) is 23.7 Å². The van der Waals surface area contributed by atoms with Gasteiger partial charge in [0.15, 0.2) is 5.76 Å². The van der Waals surface area contributed by atoms with Crippen LogP contribution in [0.5, 0.6) is 0 Å². The maximum Gasteiger partial charge on any atom is 0.287 e. The van der Waals surface area contributed by atoms with Crippen LogP contribution in [-0.2, 0) is 6.54 Å². The van der Waals surface area contributed by atoms with Crippen molar-refractivity contribution in [1.29, 1.82) is 0 Å². The van der Waals surface area contributed by atoms with E-state index in [2.05, 4.69) is 10.4 Å². The van der Waals surface area contributed by atoms with E-state index in [1.807, 2.05) is 0 Å². The van der Waals surface area contributed by atoms with Crippen LogP contribution in [0.2, 0.25) is 5.02 Å². The molecule has 4 saturated carbocycles. The van der Waals surface area contributed by atoms with Crippen LogP contribution in [0.3, 0.4) is 0 Å². The molecule has 4 bridgehead atoms. The minimum Gasteiger partial charge on any atom is -0.454 e. The summed E-state index contributed by atoms with van der Waals surface area (Å²) in [5, 5.41) is 5.88. The van der Waals surface area contributed by atoms with Gasteiger partial charge in [0.2, 0.25) is 0 Å². The van der Waals surface area contributed by atoms with Crippen LogP contribution >= 0.6 is 11.6 Å². The first-order valence-electron chi connectivity index (χ1n) is 10.5. The number of nitrogens with one attached hydrogen (secondary N) is 1. The number of carbonyl (C=O) groups is 1. The van der Waals surface area contributed by atoms with Crippen LogP contribution in [0.4, 0.5) is 17.6 Å². The quantitative estimate of drug-likeness (QED) is 0.571.